The Morgan fingerprint density at radius 2 is 1.83 bits per heavy atom. The minimum absolute atomic E-state index is 0.233. The van der Waals surface area contributed by atoms with E-state index in [1.165, 1.54) is 0 Å². The molecule has 12 heavy (non-hydrogen) atoms. The van der Waals surface area contributed by atoms with Crippen LogP contribution >= 0.6 is 0 Å². The van der Waals surface area contributed by atoms with Crippen molar-refractivity contribution in [3.8, 4) is 0 Å². The van der Waals surface area contributed by atoms with Crippen molar-refractivity contribution in [1.82, 2.24) is 0 Å². The van der Waals surface area contributed by atoms with Crippen molar-refractivity contribution in [3.63, 3.8) is 0 Å². The van der Waals surface area contributed by atoms with Gasteiger partial charge in [-0.2, -0.15) is 0 Å². The molecule has 0 aliphatic heterocycles. The number of aliphatic hydroxyl groups is 3. The summed E-state index contributed by atoms with van der Waals surface area (Å²) in [5, 5.41) is 27.6. The van der Waals surface area contributed by atoms with Crippen molar-refractivity contribution in [2.45, 2.75) is 51.4 Å². The zero-order valence-corrected chi connectivity index (χ0v) is 7.53. The normalized spacial score (nSPS) is 37.2. The molecule has 3 heteroatoms. The van der Waals surface area contributed by atoms with E-state index in [1.54, 1.807) is 0 Å². The number of hydrogen-bond donors (Lipinski definition) is 3. The minimum atomic E-state index is -1.23. The third-order valence-corrected chi connectivity index (χ3v) is 3.20. The Labute approximate surface area is 73.0 Å². The summed E-state index contributed by atoms with van der Waals surface area (Å²) in [6.45, 7) is 1.97. The molecule has 0 radical (unpaired) electrons. The molecule has 0 saturated heterocycles. The lowest BCUT2D eigenvalue weighted by Crippen LogP contribution is -2.39. The molecule has 72 valence electrons. The molecule has 0 aromatic carbocycles. The first-order valence-electron chi connectivity index (χ1n) is 4.65. The van der Waals surface area contributed by atoms with Crippen molar-refractivity contribution in [3.05, 3.63) is 0 Å². The smallest absolute Gasteiger partial charge is 0.157 e. The van der Waals surface area contributed by atoms with E-state index in [0.29, 0.717) is 12.8 Å². The van der Waals surface area contributed by atoms with Gasteiger partial charge in [0.25, 0.3) is 0 Å². The summed E-state index contributed by atoms with van der Waals surface area (Å²) in [4.78, 5) is 0. The molecule has 1 aliphatic carbocycles. The fraction of sp³-hybridized carbons (Fsp3) is 1.00. The summed E-state index contributed by atoms with van der Waals surface area (Å²) < 4.78 is 0. The molecular formula is C9H18O3. The van der Waals surface area contributed by atoms with E-state index < -0.39 is 6.29 Å². The molecule has 3 N–H and O–H groups in total. The Hall–Kier alpha value is -0.120. The van der Waals surface area contributed by atoms with Crippen molar-refractivity contribution < 1.29 is 15.3 Å². The van der Waals surface area contributed by atoms with Gasteiger partial charge in [0.15, 0.2) is 6.29 Å². The van der Waals surface area contributed by atoms with Crippen LogP contribution in [0, 0.1) is 5.41 Å². The molecular weight excluding hydrogens is 156 g/mol. The molecule has 0 bridgehead atoms. The molecule has 0 atom stereocenters. The first-order valence-corrected chi connectivity index (χ1v) is 4.65. The Kier molecular flexibility index (Phi) is 3.09. The Morgan fingerprint density at radius 1 is 1.33 bits per heavy atom. The Balaban J connectivity index is 2.57. The highest BCUT2D eigenvalue weighted by Gasteiger charge is 2.38. The second-order valence-electron chi connectivity index (χ2n) is 3.82. The summed E-state index contributed by atoms with van der Waals surface area (Å²) in [6.07, 6.45) is 2.16. The van der Waals surface area contributed by atoms with Gasteiger partial charge in [0, 0.05) is 5.41 Å². The van der Waals surface area contributed by atoms with E-state index in [2.05, 4.69) is 0 Å². The SMILES string of the molecule is CCC1(C(O)O)CCC(O)CC1. The van der Waals surface area contributed by atoms with Gasteiger partial charge in [-0.1, -0.05) is 6.92 Å². The minimum Gasteiger partial charge on any atom is -0.393 e. The van der Waals surface area contributed by atoms with Crippen LogP contribution in [-0.4, -0.2) is 27.7 Å². The van der Waals surface area contributed by atoms with Crippen LogP contribution in [0.5, 0.6) is 0 Å². The van der Waals surface area contributed by atoms with Gasteiger partial charge in [0.2, 0.25) is 0 Å². The summed E-state index contributed by atoms with van der Waals surface area (Å²) in [7, 11) is 0. The lowest BCUT2D eigenvalue weighted by atomic mass is 9.71. The van der Waals surface area contributed by atoms with Crippen LogP contribution in [0.15, 0.2) is 0 Å². The molecule has 1 fully saturated rings. The number of aliphatic hydroxyl groups excluding tert-OH is 2. The second-order valence-corrected chi connectivity index (χ2v) is 3.82. The van der Waals surface area contributed by atoms with Gasteiger partial charge in [-0.15, -0.1) is 0 Å². The first kappa shape index (κ1) is 9.96. The maximum atomic E-state index is 9.26. The van der Waals surface area contributed by atoms with Crippen molar-refractivity contribution >= 4 is 0 Å². The van der Waals surface area contributed by atoms with Crippen LogP contribution in [0.4, 0.5) is 0 Å². The van der Waals surface area contributed by atoms with Crippen LogP contribution in [0.25, 0.3) is 0 Å². The number of hydrogen-bond acceptors (Lipinski definition) is 3. The largest absolute Gasteiger partial charge is 0.393 e. The van der Waals surface area contributed by atoms with Gasteiger partial charge in [-0.05, 0) is 32.1 Å². The highest BCUT2D eigenvalue weighted by molar-refractivity contribution is 4.86. The molecule has 0 heterocycles. The number of rotatable bonds is 2. The van der Waals surface area contributed by atoms with E-state index in [9.17, 15) is 15.3 Å². The van der Waals surface area contributed by atoms with Gasteiger partial charge < -0.3 is 15.3 Å². The molecule has 0 spiro atoms. The van der Waals surface area contributed by atoms with Crippen molar-refractivity contribution in [1.29, 1.82) is 0 Å². The predicted molar refractivity (Wildman–Crippen MR) is 45.4 cm³/mol. The molecule has 0 aromatic heterocycles. The topological polar surface area (TPSA) is 60.7 Å². The lowest BCUT2D eigenvalue weighted by molar-refractivity contribution is -0.157. The van der Waals surface area contributed by atoms with Crippen LogP contribution in [0.3, 0.4) is 0 Å². The van der Waals surface area contributed by atoms with Crippen LogP contribution in [0.2, 0.25) is 0 Å². The van der Waals surface area contributed by atoms with Gasteiger partial charge in [-0.25, -0.2) is 0 Å². The van der Waals surface area contributed by atoms with E-state index in [0.717, 1.165) is 19.3 Å². The zero-order valence-electron chi connectivity index (χ0n) is 7.53. The first-order chi connectivity index (χ1) is 5.60. The Morgan fingerprint density at radius 3 is 2.17 bits per heavy atom. The van der Waals surface area contributed by atoms with Crippen molar-refractivity contribution in [2.75, 3.05) is 0 Å². The van der Waals surface area contributed by atoms with Crippen LogP contribution in [-0.2, 0) is 0 Å². The fourth-order valence-electron chi connectivity index (χ4n) is 1.97. The molecule has 3 nitrogen and oxygen atoms in total. The van der Waals surface area contributed by atoms with Crippen LogP contribution in [0.1, 0.15) is 39.0 Å². The average molecular weight is 174 g/mol. The van der Waals surface area contributed by atoms with Gasteiger partial charge in [0.1, 0.15) is 0 Å². The third kappa shape index (κ3) is 1.79. The molecule has 1 rings (SSSR count). The van der Waals surface area contributed by atoms with E-state index in [4.69, 9.17) is 0 Å². The van der Waals surface area contributed by atoms with E-state index in [-0.39, 0.29) is 11.5 Å². The monoisotopic (exact) mass is 174 g/mol. The van der Waals surface area contributed by atoms with Crippen molar-refractivity contribution in [2.24, 2.45) is 5.41 Å². The highest BCUT2D eigenvalue weighted by atomic mass is 16.5. The predicted octanol–water partition coefficient (Wildman–Crippen LogP) is 0.628. The molecule has 1 aliphatic rings. The van der Waals surface area contributed by atoms with Gasteiger partial charge in [0.05, 0.1) is 6.10 Å². The molecule has 0 amide bonds. The molecule has 0 unspecified atom stereocenters. The quantitative estimate of drug-likeness (QED) is 0.538. The van der Waals surface area contributed by atoms with Crippen LogP contribution < -0.4 is 0 Å². The average Bonchev–Trinajstić information content (AvgIpc) is 2.06. The third-order valence-electron chi connectivity index (χ3n) is 3.20. The summed E-state index contributed by atoms with van der Waals surface area (Å²) in [5.74, 6) is 0. The Bertz CT molecular complexity index is 137. The standard InChI is InChI=1S/C9H18O3/c1-2-9(8(11)12)5-3-7(10)4-6-9/h7-8,10-12H,2-6H2,1H3. The van der Waals surface area contributed by atoms with E-state index >= 15 is 0 Å². The summed E-state index contributed by atoms with van der Waals surface area (Å²) in [6, 6.07) is 0. The fourth-order valence-corrected chi connectivity index (χ4v) is 1.97. The van der Waals surface area contributed by atoms with E-state index in [1.807, 2.05) is 6.92 Å². The molecule has 1 saturated carbocycles. The maximum absolute atomic E-state index is 9.26. The second kappa shape index (κ2) is 3.73. The zero-order chi connectivity index (χ0) is 9.19. The molecule has 0 aromatic rings. The summed E-state index contributed by atoms with van der Waals surface area (Å²) in [5.41, 5.74) is -0.348. The maximum Gasteiger partial charge on any atom is 0.157 e. The van der Waals surface area contributed by atoms with Gasteiger partial charge >= 0.3 is 0 Å². The summed E-state index contributed by atoms with van der Waals surface area (Å²) >= 11 is 0. The lowest BCUT2D eigenvalue weighted by Gasteiger charge is -2.39. The van der Waals surface area contributed by atoms with Gasteiger partial charge in [-0.3, -0.25) is 0 Å². The highest BCUT2D eigenvalue weighted by Crippen LogP contribution is 2.41.